The molecule has 0 aliphatic heterocycles. The molecule has 1 aromatic heterocycles. The molecule has 0 saturated heterocycles. The maximum Gasteiger partial charge on any atom is 0.345 e. The number of thiophene rings is 1. The quantitative estimate of drug-likeness (QED) is 0.888. The van der Waals surface area contributed by atoms with Crippen LogP contribution in [-0.2, 0) is 6.54 Å². The first-order valence-corrected chi connectivity index (χ1v) is 6.99. The second kappa shape index (κ2) is 5.54. The average molecular weight is 326 g/mol. The Kier molecular flexibility index (Phi) is 4.04. The lowest BCUT2D eigenvalue weighted by atomic mass is 10.2. The van der Waals surface area contributed by atoms with Crippen LogP contribution in [0.25, 0.3) is 0 Å². The fourth-order valence-corrected chi connectivity index (χ4v) is 2.71. The fourth-order valence-electron chi connectivity index (χ4n) is 1.57. The molecule has 0 amide bonds. The van der Waals surface area contributed by atoms with Crippen LogP contribution >= 0.6 is 27.3 Å². The summed E-state index contributed by atoms with van der Waals surface area (Å²) in [6.45, 7) is 2.58. The zero-order valence-corrected chi connectivity index (χ0v) is 12.1. The number of carbonyl (C=O) groups is 1. The van der Waals surface area contributed by atoms with E-state index >= 15 is 0 Å². The van der Waals surface area contributed by atoms with Crippen molar-refractivity contribution in [1.29, 1.82) is 0 Å². The molecular weight excluding hydrogens is 314 g/mol. The molecule has 5 heteroatoms. The number of halogens is 1. The maximum absolute atomic E-state index is 10.9. The summed E-state index contributed by atoms with van der Waals surface area (Å²) in [6.07, 6.45) is 0. The summed E-state index contributed by atoms with van der Waals surface area (Å²) in [7, 11) is 0. The van der Waals surface area contributed by atoms with Crippen molar-refractivity contribution < 1.29 is 9.90 Å². The highest BCUT2D eigenvalue weighted by Gasteiger charge is 2.10. The number of carboxylic acid groups (broad SMARTS) is 1. The Labute approximate surface area is 118 Å². The molecule has 0 bridgehead atoms. The van der Waals surface area contributed by atoms with Gasteiger partial charge in [0.05, 0.1) is 0 Å². The van der Waals surface area contributed by atoms with E-state index in [0.717, 1.165) is 20.6 Å². The van der Waals surface area contributed by atoms with Gasteiger partial charge in [0.25, 0.3) is 0 Å². The van der Waals surface area contributed by atoms with Crippen LogP contribution in [0.1, 0.15) is 20.1 Å². The van der Waals surface area contributed by atoms with E-state index in [1.165, 1.54) is 11.3 Å². The lowest BCUT2D eigenvalue weighted by molar-refractivity contribution is 0.0702. The first-order valence-electron chi connectivity index (χ1n) is 5.38. The number of hydrogen-bond donors (Lipinski definition) is 2. The smallest absolute Gasteiger partial charge is 0.345 e. The van der Waals surface area contributed by atoms with Gasteiger partial charge in [-0.1, -0.05) is 15.9 Å². The number of aryl methyl sites for hydroxylation is 1. The minimum Gasteiger partial charge on any atom is -0.477 e. The molecule has 0 atom stereocenters. The molecule has 0 aliphatic rings. The lowest BCUT2D eigenvalue weighted by Crippen LogP contribution is -1.99. The molecule has 2 rings (SSSR count). The lowest BCUT2D eigenvalue weighted by Gasteiger charge is -2.05. The summed E-state index contributed by atoms with van der Waals surface area (Å²) in [5.74, 6) is -0.863. The van der Waals surface area contributed by atoms with E-state index < -0.39 is 5.97 Å². The van der Waals surface area contributed by atoms with Crippen LogP contribution in [0.15, 0.2) is 34.8 Å². The highest BCUT2D eigenvalue weighted by atomic mass is 79.9. The number of rotatable bonds is 4. The normalized spacial score (nSPS) is 10.3. The van der Waals surface area contributed by atoms with Crippen molar-refractivity contribution in [2.75, 3.05) is 5.32 Å². The van der Waals surface area contributed by atoms with Crippen LogP contribution in [0.4, 0.5) is 5.69 Å². The van der Waals surface area contributed by atoms with Crippen molar-refractivity contribution in [3.63, 3.8) is 0 Å². The van der Waals surface area contributed by atoms with Gasteiger partial charge in [0.1, 0.15) is 4.88 Å². The summed E-state index contributed by atoms with van der Waals surface area (Å²) in [6, 6.07) is 9.61. The predicted molar refractivity (Wildman–Crippen MR) is 77.5 cm³/mol. The van der Waals surface area contributed by atoms with Crippen LogP contribution in [0.3, 0.4) is 0 Å². The molecule has 1 aromatic carbocycles. The number of carboxylic acids is 1. The van der Waals surface area contributed by atoms with Gasteiger partial charge in [0.15, 0.2) is 0 Å². The van der Waals surface area contributed by atoms with E-state index in [1.807, 2.05) is 31.2 Å². The van der Waals surface area contributed by atoms with Gasteiger partial charge in [-0.2, -0.15) is 0 Å². The van der Waals surface area contributed by atoms with Gasteiger partial charge in [-0.25, -0.2) is 4.79 Å². The minimum atomic E-state index is -0.863. The van der Waals surface area contributed by atoms with Crippen molar-refractivity contribution in [3.05, 3.63) is 50.1 Å². The third-order valence-corrected chi connectivity index (χ3v) is 4.17. The molecular formula is C13H12BrNO2S. The molecule has 0 saturated carbocycles. The second-order valence-electron chi connectivity index (χ2n) is 3.86. The Balaban J connectivity index is 2.06. The summed E-state index contributed by atoms with van der Waals surface area (Å²) in [4.78, 5) is 12.3. The van der Waals surface area contributed by atoms with E-state index in [0.29, 0.717) is 11.4 Å². The van der Waals surface area contributed by atoms with Crippen molar-refractivity contribution in [3.8, 4) is 0 Å². The Morgan fingerprint density at radius 3 is 2.61 bits per heavy atom. The maximum atomic E-state index is 10.9. The van der Waals surface area contributed by atoms with Gasteiger partial charge in [0.2, 0.25) is 0 Å². The Hall–Kier alpha value is -1.33. The van der Waals surface area contributed by atoms with E-state index in [2.05, 4.69) is 21.2 Å². The van der Waals surface area contributed by atoms with Crippen LogP contribution in [0.2, 0.25) is 0 Å². The second-order valence-corrected chi connectivity index (χ2v) is 6.03. The van der Waals surface area contributed by atoms with Crippen LogP contribution in [0, 0.1) is 6.92 Å². The fraction of sp³-hybridized carbons (Fsp3) is 0.154. The predicted octanol–water partition coefficient (Wildman–Crippen LogP) is 4.13. The van der Waals surface area contributed by atoms with Crippen LogP contribution < -0.4 is 5.32 Å². The molecule has 0 aliphatic carbocycles. The molecule has 1 heterocycles. The monoisotopic (exact) mass is 325 g/mol. The number of aromatic carboxylic acids is 1. The van der Waals surface area contributed by atoms with Crippen molar-refractivity contribution in [1.82, 2.24) is 0 Å². The van der Waals surface area contributed by atoms with Gasteiger partial charge < -0.3 is 10.4 Å². The highest BCUT2D eigenvalue weighted by molar-refractivity contribution is 9.10. The summed E-state index contributed by atoms with van der Waals surface area (Å²) in [5, 5.41) is 12.2. The average Bonchev–Trinajstić information content (AvgIpc) is 2.70. The Morgan fingerprint density at radius 2 is 2.06 bits per heavy atom. The van der Waals surface area contributed by atoms with Crippen molar-refractivity contribution in [2.24, 2.45) is 0 Å². The van der Waals surface area contributed by atoms with E-state index in [1.54, 1.807) is 6.07 Å². The van der Waals surface area contributed by atoms with Gasteiger partial charge >= 0.3 is 5.97 Å². The third-order valence-electron chi connectivity index (χ3n) is 2.56. The van der Waals surface area contributed by atoms with E-state index in [-0.39, 0.29) is 0 Å². The van der Waals surface area contributed by atoms with Crippen LogP contribution in [-0.4, -0.2) is 11.1 Å². The number of anilines is 1. The van der Waals surface area contributed by atoms with Gasteiger partial charge in [-0.05, 0) is 42.8 Å². The first-order chi connectivity index (χ1) is 8.56. The molecule has 94 valence electrons. The Bertz CT molecular complexity index is 563. The van der Waals surface area contributed by atoms with E-state index in [4.69, 9.17) is 5.11 Å². The molecule has 2 aromatic rings. The summed E-state index contributed by atoms with van der Waals surface area (Å²) >= 11 is 4.69. The first kappa shape index (κ1) is 13.1. The van der Waals surface area contributed by atoms with Gasteiger partial charge in [0, 0.05) is 21.6 Å². The number of hydrogen-bond acceptors (Lipinski definition) is 3. The Morgan fingerprint density at radius 1 is 1.39 bits per heavy atom. The van der Waals surface area contributed by atoms with E-state index in [9.17, 15) is 4.79 Å². The van der Waals surface area contributed by atoms with Gasteiger partial charge in [-0.15, -0.1) is 11.3 Å². The van der Waals surface area contributed by atoms with Crippen molar-refractivity contribution in [2.45, 2.75) is 13.5 Å². The van der Waals surface area contributed by atoms with Crippen molar-refractivity contribution >= 4 is 38.9 Å². The topological polar surface area (TPSA) is 49.3 Å². The van der Waals surface area contributed by atoms with Crippen LogP contribution in [0.5, 0.6) is 0 Å². The number of benzene rings is 1. The molecule has 18 heavy (non-hydrogen) atoms. The molecule has 0 fully saturated rings. The number of nitrogens with one attached hydrogen (secondary N) is 1. The standard InChI is InChI=1S/C13H12BrNO2S/c1-8-9(6-12(18-8)13(16)17)7-15-11-4-2-10(14)3-5-11/h2-6,15H,7H2,1H3,(H,16,17). The van der Waals surface area contributed by atoms with Gasteiger partial charge in [-0.3, -0.25) is 0 Å². The SMILES string of the molecule is Cc1sc(C(=O)O)cc1CNc1ccc(Br)cc1. The zero-order chi connectivity index (χ0) is 13.1. The minimum absolute atomic E-state index is 0.389. The third kappa shape index (κ3) is 3.11. The largest absolute Gasteiger partial charge is 0.477 e. The highest BCUT2D eigenvalue weighted by Crippen LogP contribution is 2.23. The zero-order valence-electron chi connectivity index (χ0n) is 9.74. The molecule has 0 unspecified atom stereocenters. The summed E-state index contributed by atoms with van der Waals surface area (Å²) in [5.41, 5.74) is 2.04. The molecule has 3 nitrogen and oxygen atoms in total. The summed E-state index contributed by atoms with van der Waals surface area (Å²) < 4.78 is 1.04. The molecule has 2 N–H and O–H groups in total. The molecule has 0 radical (unpaired) electrons. The molecule has 0 spiro atoms.